The molecule has 0 spiro atoms. The summed E-state index contributed by atoms with van der Waals surface area (Å²) in [7, 11) is 5.83. The minimum Gasteiger partial charge on any atom is -0.481 e. The highest BCUT2D eigenvalue weighted by Gasteiger charge is 2.42. The molecule has 1 heterocycles. The Hall–Kier alpha value is -2.38. The first-order valence-corrected chi connectivity index (χ1v) is 14.1. The first-order valence-electron chi connectivity index (χ1n) is 12.1. The fourth-order valence-electron chi connectivity index (χ4n) is 4.65. The molecular formula is C30H33BrN2O2S. The molecule has 0 aliphatic heterocycles. The molecule has 6 heteroatoms. The number of thioether (sulfide) groups is 1. The fourth-order valence-corrected chi connectivity index (χ4v) is 6.15. The van der Waals surface area contributed by atoms with Gasteiger partial charge in [0.15, 0.2) is 0 Å². The van der Waals surface area contributed by atoms with Gasteiger partial charge in [-0.05, 0) is 68.2 Å². The Labute approximate surface area is 226 Å². The third kappa shape index (κ3) is 6.12. The molecule has 0 bridgehead atoms. The number of aliphatic hydroxyl groups is 1. The summed E-state index contributed by atoms with van der Waals surface area (Å²) in [6, 6.07) is 28.4. The minimum absolute atomic E-state index is 0.381. The Morgan fingerprint density at radius 2 is 1.69 bits per heavy atom. The van der Waals surface area contributed by atoms with Crippen LogP contribution < -0.4 is 4.74 Å². The third-order valence-corrected chi connectivity index (χ3v) is 8.09. The molecule has 1 aromatic heterocycles. The molecule has 3 aromatic carbocycles. The summed E-state index contributed by atoms with van der Waals surface area (Å²) in [6.45, 7) is 1.02. The summed E-state index contributed by atoms with van der Waals surface area (Å²) in [5.74, 6) is 1.66. The van der Waals surface area contributed by atoms with Crippen LogP contribution in [0.1, 0.15) is 29.0 Å². The molecule has 4 aromatic rings. The second-order valence-electron chi connectivity index (χ2n) is 9.27. The number of rotatable bonds is 11. The Morgan fingerprint density at radius 1 is 1.00 bits per heavy atom. The predicted molar refractivity (Wildman–Crippen MR) is 155 cm³/mol. The van der Waals surface area contributed by atoms with Crippen LogP contribution in [0.3, 0.4) is 0 Å². The van der Waals surface area contributed by atoms with E-state index in [1.54, 1.807) is 18.9 Å². The molecule has 188 valence electrons. The van der Waals surface area contributed by atoms with Crippen molar-refractivity contribution in [3.8, 4) is 5.88 Å². The minimum atomic E-state index is -1.18. The topological polar surface area (TPSA) is 45.6 Å². The van der Waals surface area contributed by atoms with Crippen molar-refractivity contribution in [3.63, 3.8) is 0 Å². The first-order chi connectivity index (χ1) is 17.4. The van der Waals surface area contributed by atoms with Gasteiger partial charge in [-0.3, -0.25) is 0 Å². The highest BCUT2D eigenvalue weighted by Crippen LogP contribution is 2.47. The second kappa shape index (κ2) is 12.2. The maximum atomic E-state index is 12.7. The van der Waals surface area contributed by atoms with Crippen molar-refractivity contribution in [2.24, 2.45) is 0 Å². The van der Waals surface area contributed by atoms with Crippen LogP contribution in [-0.4, -0.2) is 54.2 Å². The van der Waals surface area contributed by atoms with Gasteiger partial charge in [-0.1, -0.05) is 76.6 Å². The van der Waals surface area contributed by atoms with Gasteiger partial charge in [-0.25, -0.2) is 4.98 Å². The highest BCUT2D eigenvalue weighted by molar-refractivity contribution is 9.10. The van der Waals surface area contributed by atoms with Gasteiger partial charge in [-0.15, -0.1) is 0 Å². The van der Waals surface area contributed by atoms with Crippen LogP contribution in [0.15, 0.2) is 89.4 Å². The average Bonchev–Trinajstić information content (AvgIpc) is 2.89. The van der Waals surface area contributed by atoms with Crippen LogP contribution in [0, 0.1) is 0 Å². The van der Waals surface area contributed by atoms with E-state index in [1.807, 2.05) is 60.7 Å². The van der Waals surface area contributed by atoms with Crippen molar-refractivity contribution in [1.82, 2.24) is 9.88 Å². The molecular weight excluding hydrogens is 532 g/mol. The standard InChI is InChI=1S/C30H33BrN2O2S/c1-33(2)17-10-18-36-21-30(34,24-13-8-5-9-14-24)28(22-11-6-4-7-12-22)26-20-23-19-25(31)15-16-27(23)32-29(26)35-3/h4-9,11-16,19-20,28,34H,10,17-18,21H2,1-3H3. The second-order valence-corrected chi connectivity index (χ2v) is 11.3. The van der Waals surface area contributed by atoms with Crippen LogP contribution in [0.25, 0.3) is 10.9 Å². The zero-order valence-electron chi connectivity index (χ0n) is 21.0. The lowest BCUT2D eigenvalue weighted by atomic mass is 9.74. The number of pyridine rings is 1. The van der Waals surface area contributed by atoms with Crippen LogP contribution >= 0.6 is 27.7 Å². The third-order valence-electron chi connectivity index (χ3n) is 6.37. The Bertz CT molecular complexity index is 1270. The van der Waals surface area contributed by atoms with Gasteiger partial charge in [0.05, 0.1) is 12.6 Å². The lowest BCUT2D eigenvalue weighted by Crippen LogP contribution is -2.37. The summed E-state index contributed by atoms with van der Waals surface area (Å²) >= 11 is 5.38. The summed E-state index contributed by atoms with van der Waals surface area (Å²) in [4.78, 5) is 7.05. The van der Waals surface area contributed by atoms with Crippen molar-refractivity contribution in [1.29, 1.82) is 0 Å². The lowest BCUT2D eigenvalue weighted by Gasteiger charge is -2.38. The molecule has 0 aliphatic rings. The van der Waals surface area contributed by atoms with Crippen LogP contribution in [0.5, 0.6) is 5.88 Å². The number of aromatic nitrogens is 1. The van der Waals surface area contributed by atoms with Gasteiger partial charge in [0.25, 0.3) is 0 Å². The smallest absolute Gasteiger partial charge is 0.217 e. The van der Waals surface area contributed by atoms with E-state index in [0.29, 0.717) is 11.6 Å². The molecule has 0 saturated carbocycles. The molecule has 4 nitrogen and oxygen atoms in total. The number of fused-ring (bicyclic) bond motifs is 1. The Kier molecular flexibility index (Phi) is 9.07. The number of benzene rings is 3. The van der Waals surface area contributed by atoms with Crippen LogP contribution in [0.2, 0.25) is 0 Å². The summed E-state index contributed by atoms with van der Waals surface area (Å²) < 4.78 is 6.83. The van der Waals surface area contributed by atoms with E-state index in [0.717, 1.165) is 50.8 Å². The number of nitrogens with zero attached hydrogens (tertiary/aromatic N) is 2. The normalized spacial score (nSPS) is 14.1. The molecule has 4 rings (SSSR count). The monoisotopic (exact) mass is 564 g/mol. The maximum Gasteiger partial charge on any atom is 0.217 e. The number of halogens is 1. The van der Waals surface area contributed by atoms with E-state index in [1.165, 1.54) is 0 Å². The number of ether oxygens (including phenoxy) is 1. The van der Waals surface area contributed by atoms with Gasteiger partial charge in [-0.2, -0.15) is 11.8 Å². The molecule has 36 heavy (non-hydrogen) atoms. The summed E-state index contributed by atoms with van der Waals surface area (Å²) in [5.41, 5.74) is 2.45. The van der Waals surface area contributed by atoms with E-state index < -0.39 is 5.60 Å². The van der Waals surface area contributed by atoms with E-state index >= 15 is 0 Å². The van der Waals surface area contributed by atoms with Gasteiger partial charge >= 0.3 is 0 Å². The van der Waals surface area contributed by atoms with Gasteiger partial charge in [0.2, 0.25) is 5.88 Å². The number of hydrogen-bond donors (Lipinski definition) is 1. The molecule has 0 aliphatic carbocycles. The predicted octanol–water partition coefficient (Wildman–Crippen LogP) is 6.71. The van der Waals surface area contributed by atoms with Gasteiger partial charge < -0.3 is 14.7 Å². The maximum absolute atomic E-state index is 12.7. The number of methoxy groups -OCH3 is 1. The quantitative estimate of drug-likeness (QED) is 0.205. The molecule has 0 amide bonds. The molecule has 0 saturated heterocycles. The van der Waals surface area contributed by atoms with E-state index in [-0.39, 0.29) is 5.92 Å². The van der Waals surface area contributed by atoms with E-state index in [2.05, 4.69) is 59.2 Å². The van der Waals surface area contributed by atoms with Crippen LogP contribution in [-0.2, 0) is 5.60 Å². The van der Waals surface area contributed by atoms with Crippen molar-refractivity contribution in [2.45, 2.75) is 17.9 Å². The summed E-state index contributed by atoms with van der Waals surface area (Å²) in [5, 5.41) is 13.7. The SMILES string of the molecule is COc1nc2ccc(Br)cc2cc1C(c1ccccc1)C(O)(CSCCCN(C)C)c1ccccc1. The van der Waals surface area contributed by atoms with Crippen molar-refractivity contribution >= 4 is 38.6 Å². The molecule has 0 fully saturated rings. The lowest BCUT2D eigenvalue weighted by molar-refractivity contribution is 0.0436. The molecule has 0 radical (unpaired) electrons. The molecule has 2 unspecified atom stereocenters. The fraction of sp³-hybridized carbons (Fsp3) is 0.300. The van der Waals surface area contributed by atoms with Crippen molar-refractivity contribution in [2.75, 3.05) is 39.3 Å². The van der Waals surface area contributed by atoms with E-state index in [9.17, 15) is 5.11 Å². The summed E-state index contributed by atoms with van der Waals surface area (Å²) in [6.07, 6.45) is 1.06. The zero-order chi connectivity index (χ0) is 25.5. The van der Waals surface area contributed by atoms with Gasteiger partial charge in [0.1, 0.15) is 5.60 Å². The Balaban J connectivity index is 1.87. The average molecular weight is 566 g/mol. The van der Waals surface area contributed by atoms with E-state index in [4.69, 9.17) is 9.72 Å². The van der Waals surface area contributed by atoms with Crippen molar-refractivity contribution in [3.05, 3.63) is 106 Å². The molecule has 1 N–H and O–H groups in total. The van der Waals surface area contributed by atoms with Crippen molar-refractivity contribution < 1.29 is 9.84 Å². The zero-order valence-corrected chi connectivity index (χ0v) is 23.4. The van der Waals surface area contributed by atoms with Crippen LogP contribution in [0.4, 0.5) is 0 Å². The number of hydrogen-bond acceptors (Lipinski definition) is 5. The highest BCUT2D eigenvalue weighted by atomic mass is 79.9. The first kappa shape index (κ1) is 26.7. The van der Waals surface area contributed by atoms with Gasteiger partial charge in [0, 0.05) is 27.1 Å². The Morgan fingerprint density at radius 3 is 2.36 bits per heavy atom. The largest absolute Gasteiger partial charge is 0.481 e. The molecule has 2 atom stereocenters.